The first-order chi connectivity index (χ1) is 6.40. The topological polar surface area (TPSA) is 60.9 Å². The van der Waals surface area contributed by atoms with Gasteiger partial charge in [0.1, 0.15) is 12.7 Å². The molecule has 0 aliphatic rings. The molecule has 0 saturated carbocycles. The maximum absolute atomic E-state index is 10.5. The maximum atomic E-state index is 10.5. The Morgan fingerprint density at radius 1 is 1.62 bits per heavy atom. The van der Waals surface area contributed by atoms with Crippen LogP contribution in [0, 0.1) is 0 Å². The molecule has 66 valence electrons. The highest BCUT2D eigenvalue weighted by Crippen LogP contribution is 2.08. The standard InChI is InChI=1S/C8H7N3O2/c12-4-8-7(1-2-13-8)3-11-6-9-5-10-11/h1-2,4-6H,3H2. The molecule has 2 aromatic rings. The molecule has 0 radical (unpaired) electrons. The minimum atomic E-state index is 0.343. The zero-order valence-electron chi connectivity index (χ0n) is 6.75. The fourth-order valence-corrected chi connectivity index (χ4v) is 1.07. The molecule has 0 N–H and O–H groups in total. The number of nitrogens with zero attached hydrogens (tertiary/aromatic N) is 3. The van der Waals surface area contributed by atoms with Crippen LogP contribution in [0.15, 0.2) is 29.4 Å². The molecule has 0 spiro atoms. The number of carbonyl (C=O) groups is 1. The SMILES string of the molecule is O=Cc1occc1Cn1cncn1. The third kappa shape index (κ3) is 1.48. The fourth-order valence-electron chi connectivity index (χ4n) is 1.07. The molecule has 0 aliphatic heterocycles. The number of aromatic nitrogens is 3. The lowest BCUT2D eigenvalue weighted by Gasteiger charge is -1.96. The van der Waals surface area contributed by atoms with E-state index in [-0.39, 0.29) is 0 Å². The van der Waals surface area contributed by atoms with E-state index in [2.05, 4.69) is 10.1 Å². The van der Waals surface area contributed by atoms with Crippen molar-refractivity contribution in [2.75, 3.05) is 0 Å². The second-order valence-corrected chi connectivity index (χ2v) is 2.52. The van der Waals surface area contributed by atoms with Gasteiger partial charge in [-0.3, -0.25) is 4.79 Å². The van der Waals surface area contributed by atoms with E-state index in [0.29, 0.717) is 18.6 Å². The van der Waals surface area contributed by atoms with Crippen LogP contribution < -0.4 is 0 Å². The normalized spacial score (nSPS) is 10.2. The van der Waals surface area contributed by atoms with Gasteiger partial charge in [-0.15, -0.1) is 0 Å². The van der Waals surface area contributed by atoms with E-state index in [0.717, 1.165) is 5.56 Å². The Balaban J connectivity index is 2.23. The molecule has 0 atom stereocenters. The molecule has 0 saturated heterocycles. The molecule has 0 bridgehead atoms. The predicted octanol–water partition coefficient (Wildman–Crippen LogP) is 0.732. The molecule has 2 rings (SSSR count). The van der Waals surface area contributed by atoms with Crippen LogP contribution in [0.1, 0.15) is 16.1 Å². The summed E-state index contributed by atoms with van der Waals surface area (Å²) in [6.45, 7) is 0.505. The average Bonchev–Trinajstić information content (AvgIpc) is 2.76. The minimum absolute atomic E-state index is 0.343. The number of furan rings is 1. The summed E-state index contributed by atoms with van der Waals surface area (Å²) < 4.78 is 6.56. The molecule has 5 nitrogen and oxygen atoms in total. The highest BCUT2D eigenvalue weighted by atomic mass is 16.3. The van der Waals surface area contributed by atoms with Gasteiger partial charge in [-0.1, -0.05) is 0 Å². The smallest absolute Gasteiger partial charge is 0.185 e. The Morgan fingerprint density at radius 2 is 2.54 bits per heavy atom. The van der Waals surface area contributed by atoms with Gasteiger partial charge in [0, 0.05) is 5.56 Å². The van der Waals surface area contributed by atoms with E-state index in [4.69, 9.17) is 4.42 Å². The number of aldehydes is 1. The Kier molecular flexibility index (Phi) is 1.91. The van der Waals surface area contributed by atoms with Crippen LogP contribution in [0.3, 0.4) is 0 Å². The van der Waals surface area contributed by atoms with Gasteiger partial charge in [0.15, 0.2) is 12.0 Å². The minimum Gasteiger partial charge on any atom is -0.461 e. The zero-order valence-corrected chi connectivity index (χ0v) is 6.75. The lowest BCUT2D eigenvalue weighted by Crippen LogP contribution is -2.00. The zero-order chi connectivity index (χ0) is 9.10. The molecule has 0 amide bonds. The van der Waals surface area contributed by atoms with Gasteiger partial charge >= 0.3 is 0 Å². The van der Waals surface area contributed by atoms with E-state index in [9.17, 15) is 4.79 Å². The molecule has 5 heteroatoms. The molecule has 2 heterocycles. The van der Waals surface area contributed by atoms with Crippen molar-refractivity contribution in [1.29, 1.82) is 0 Å². The summed E-state index contributed by atoms with van der Waals surface area (Å²) in [6.07, 6.45) is 5.20. The second kappa shape index (κ2) is 3.22. The van der Waals surface area contributed by atoms with Crippen molar-refractivity contribution >= 4 is 6.29 Å². The van der Waals surface area contributed by atoms with Crippen molar-refractivity contribution in [2.45, 2.75) is 6.54 Å². The van der Waals surface area contributed by atoms with E-state index in [1.807, 2.05) is 0 Å². The number of hydrogen-bond acceptors (Lipinski definition) is 4. The molecular weight excluding hydrogens is 170 g/mol. The van der Waals surface area contributed by atoms with E-state index < -0.39 is 0 Å². The summed E-state index contributed by atoms with van der Waals surface area (Å²) >= 11 is 0. The maximum Gasteiger partial charge on any atom is 0.185 e. The second-order valence-electron chi connectivity index (χ2n) is 2.52. The highest BCUT2D eigenvalue weighted by molar-refractivity contribution is 5.72. The summed E-state index contributed by atoms with van der Waals surface area (Å²) in [7, 11) is 0. The summed E-state index contributed by atoms with van der Waals surface area (Å²) in [5.41, 5.74) is 0.806. The lowest BCUT2D eigenvalue weighted by molar-refractivity contribution is 0.109. The van der Waals surface area contributed by atoms with Gasteiger partial charge in [0.05, 0.1) is 12.8 Å². The monoisotopic (exact) mass is 177 g/mol. The summed E-state index contributed by atoms with van der Waals surface area (Å²) in [5, 5.41) is 3.91. The van der Waals surface area contributed by atoms with Crippen LogP contribution in [0.2, 0.25) is 0 Å². The van der Waals surface area contributed by atoms with Crippen molar-refractivity contribution in [3.8, 4) is 0 Å². The van der Waals surface area contributed by atoms with E-state index in [1.54, 1.807) is 17.1 Å². The van der Waals surface area contributed by atoms with Crippen LogP contribution in [0.4, 0.5) is 0 Å². The van der Waals surface area contributed by atoms with Crippen LogP contribution in [-0.4, -0.2) is 21.1 Å². The van der Waals surface area contributed by atoms with Crippen LogP contribution >= 0.6 is 0 Å². The molecule has 2 aromatic heterocycles. The van der Waals surface area contributed by atoms with E-state index >= 15 is 0 Å². The number of carbonyl (C=O) groups excluding carboxylic acids is 1. The first kappa shape index (κ1) is 7.72. The third-order valence-corrected chi connectivity index (χ3v) is 1.69. The summed E-state index contributed by atoms with van der Waals surface area (Å²) in [6, 6.07) is 1.74. The van der Waals surface area contributed by atoms with Gasteiger partial charge < -0.3 is 4.42 Å². The fraction of sp³-hybridized carbons (Fsp3) is 0.125. The Morgan fingerprint density at radius 3 is 3.23 bits per heavy atom. The predicted molar refractivity (Wildman–Crippen MR) is 43.2 cm³/mol. The molecule has 0 aromatic carbocycles. The van der Waals surface area contributed by atoms with Crippen molar-refractivity contribution in [2.24, 2.45) is 0 Å². The average molecular weight is 177 g/mol. The third-order valence-electron chi connectivity index (χ3n) is 1.69. The van der Waals surface area contributed by atoms with Crippen molar-refractivity contribution in [1.82, 2.24) is 14.8 Å². The van der Waals surface area contributed by atoms with Gasteiger partial charge in [-0.05, 0) is 6.07 Å². The lowest BCUT2D eigenvalue weighted by atomic mass is 10.2. The largest absolute Gasteiger partial charge is 0.461 e. The summed E-state index contributed by atoms with van der Waals surface area (Å²) in [5.74, 6) is 0.343. The van der Waals surface area contributed by atoms with E-state index in [1.165, 1.54) is 12.6 Å². The van der Waals surface area contributed by atoms with Crippen molar-refractivity contribution in [3.63, 3.8) is 0 Å². The first-order valence-corrected chi connectivity index (χ1v) is 3.74. The quantitative estimate of drug-likeness (QED) is 0.648. The van der Waals surface area contributed by atoms with Crippen LogP contribution in [-0.2, 0) is 6.54 Å². The van der Waals surface area contributed by atoms with Crippen LogP contribution in [0.25, 0.3) is 0 Å². The van der Waals surface area contributed by atoms with Gasteiger partial charge in [0.25, 0.3) is 0 Å². The first-order valence-electron chi connectivity index (χ1n) is 3.74. The molecule has 0 unspecified atom stereocenters. The Hall–Kier alpha value is -1.91. The Bertz CT molecular complexity index is 391. The molecule has 13 heavy (non-hydrogen) atoms. The van der Waals surface area contributed by atoms with Gasteiger partial charge in [-0.2, -0.15) is 5.10 Å². The summed E-state index contributed by atoms with van der Waals surface area (Å²) in [4.78, 5) is 14.3. The molecular formula is C8H7N3O2. The number of rotatable bonds is 3. The van der Waals surface area contributed by atoms with Gasteiger partial charge in [-0.25, -0.2) is 9.67 Å². The molecule has 0 aliphatic carbocycles. The number of hydrogen-bond donors (Lipinski definition) is 0. The van der Waals surface area contributed by atoms with Crippen LogP contribution in [0.5, 0.6) is 0 Å². The van der Waals surface area contributed by atoms with Crippen molar-refractivity contribution in [3.05, 3.63) is 36.3 Å². The highest BCUT2D eigenvalue weighted by Gasteiger charge is 2.05. The Labute approximate surface area is 74.0 Å². The van der Waals surface area contributed by atoms with Gasteiger partial charge in [0.2, 0.25) is 0 Å². The van der Waals surface area contributed by atoms with Crippen molar-refractivity contribution < 1.29 is 9.21 Å². The molecule has 0 fully saturated rings.